The lowest BCUT2D eigenvalue weighted by atomic mass is 9.86. The zero-order valence-electron chi connectivity index (χ0n) is 11.9. The van der Waals surface area contributed by atoms with Crippen LogP contribution in [-0.2, 0) is 5.41 Å². The molecule has 0 fully saturated rings. The van der Waals surface area contributed by atoms with Gasteiger partial charge in [-0.25, -0.2) is 4.98 Å². The first-order valence-corrected chi connectivity index (χ1v) is 6.47. The number of benzene rings is 1. The topological polar surface area (TPSA) is 91.8 Å². The van der Waals surface area contributed by atoms with Crippen LogP contribution in [0.2, 0.25) is 0 Å². The molecular weight excluding hydrogens is 264 g/mol. The number of carbonyl (C=O) groups excluding carboxylic acids is 1. The lowest BCUT2D eigenvalue weighted by molar-refractivity contribution is 0.102. The average Bonchev–Trinajstić information content (AvgIpc) is 2.48. The van der Waals surface area contributed by atoms with Crippen molar-refractivity contribution in [1.82, 2.24) is 4.98 Å². The van der Waals surface area contributed by atoms with Gasteiger partial charge in [0.25, 0.3) is 5.91 Å². The molecule has 0 saturated carbocycles. The van der Waals surface area contributed by atoms with E-state index in [9.17, 15) is 4.79 Å². The predicted octanol–water partition coefficient (Wildman–Crippen LogP) is 2.72. The van der Waals surface area contributed by atoms with Crippen LogP contribution in [0.15, 0.2) is 42.6 Å². The van der Waals surface area contributed by atoms with Gasteiger partial charge in [-0.05, 0) is 43.7 Å². The van der Waals surface area contributed by atoms with Crippen LogP contribution in [0.3, 0.4) is 0 Å². The van der Waals surface area contributed by atoms with Gasteiger partial charge < -0.3 is 11.1 Å². The van der Waals surface area contributed by atoms with Crippen LogP contribution in [0.1, 0.15) is 29.9 Å². The van der Waals surface area contributed by atoms with Crippen molar-refractivity contribution in [2.24, 2.45) is 0 Å². The van der Waals surface area contributed by atoms with Crippen LogP contribution >= 0.6 is 0 Å². The van der Waals surface area contributed by atoms with E-state index in [1.54, 1.807) is 24.3 Å². The maximum Gasteiger partial charge on any atom is 0.274 e. The molecule has 1 amide bonds. The van der Waals surface area contributed by atoms with E-state index in [0.717, 1.165) is 5.56 Å². The molecule has 2 rings (SSSR count). The molecule has 21 heavy (non-hydrogen) atoms. The van der Waals surface area contributed by atoms with Crippen molar-refractivity contribution >= 4 is 17.3 Å². The van der Waals surface area contributed by atoms with Gasteiger partial charge in [0.05, 0.1) is 23.4 Å². The van der Waals surface area contributed by atoms with Gasteiger partial charge in [0.1, 0.15) is 5.69 Å². The molecule has 0 radical (unpaired) electrons. The van der Waals surface area contributed by atoms with E-state index in [1.165, 1.54) is 6.20 Å². The molecule has 0 unspecified atom stereocenters. The van der Waals surface area contributed by atoms with Crippen LogP contribution in [-0.4, -0.2) is 10.9 Å². The Kier molecular flexibility index (Phi) is 3.90. The largest absolute Gasteiger partial charge is 0.397 e. The van der Waals surface area contributed by atoms with E-state index in [2.05, 4.69) is 16.4 Å². The van der Waals surface area contributed by atoms with E-state index in [0.29, 0.717) is 17.1 Å². The first-order valence-electron chi connectivity index (χ1n) is 6.47. The number of nitrogens with zero attached hydrogens (tertiary/aromatic N) is 2. The summed E-state index contributed by atoms with van der Waals surface area (Å²) in [7, 11) is 0. The number of nitriles is 1. The number of pyridine rings is 1. The normalized spacial score (nSPS) is 10.7. The molecule has 0 aliphatic heterocycles. The number of rotatable bonds is 3. The molecule has 0 spiro atoms. The highest BCUT2D eigenvalue weighted by molar-refractivity contribution is 6.02. The van der Waals surface area contributed by atoms with Crippen molar-refractivity contribution < 1.29 is 4.79 Å². The van der Waals surface area contributed by atoms with E-state index >= 15 is 0 Å². The monoisotopic (exact) mass is 280 g/mol. The molecule has 106 valence electrons. The summed E-state index contributed by atoms with van der Waals surface area (Å²) in [6, 6.07) is 12.6. The Morgan fingerprint density at radius 1 is 1.24 bits per heavy atom. The third-order valence-corrected chi connectivity index (χ3v) is 3.16. The third kappa shape index (κ3) is 3.37. The lowest BCUT2D eigenvalue weighted by Gasteiger charge is -2.16. The molecule has 0 bridgehead atoms. The number of aromatic nitrogens is 1. The summed E-state index contributed by atoms with van der Waals surface area (Å²) in [6.07, 6.45) is 1.44. The number of anilines is 2. The minimum absolute atomic E-state index is 0.297. The smallest absolute Gasteiger partial charge is 0.274 e. The highest BCUT2D eigenvalue weighted by Crippen LogP contribution is 2.23. The van der Waals surface area contributed by atoms with Gasteiger partial charge in [0.2, 0.25) is 0 Å². The number of carbonyl (C=O) groups is 1. The highest BCUT2D eigenvalue weighted by atomic mass is 16.1. The second-order valence-electron chi connectivity index (χ2n) is 5.25. The van der Waals surface area contributed by atoms with Gasteiger partial charge in [0.15, 0.2) is 0 Å². The lowest BCUT2D eigenvalue weighted by Crippen LogP contribution is -2.15. The summed E-state index contributed by atoms with van der Waals surface area (Å²) in [5.74, 6) is -0.303. The Bertz CT molecular complexity index is 682. The van der Waals surface area contributed by atoms with Crippen molar-refractivity contribution in [3.05, 3.63) is 53.9 Å². The molecule has 3 N–H and O–H groups in total. The van der Waals surface area contributed by atoms with Gasteiger partial charge in [-0.1, -0.05) is 12.1 Å². The molecule has 5 heteroatoms. The van der Waals surface area contributed by atoms with Gasteiger partial charge in [-0.3, -0.25) is 4.79 Å². The van der Waals surface area contributed by atoms with Crippen molar-refractivity contribution in [2.45, 2.75) is 19.3 Å². The van der Waals surface area contributed by atoms with Crippen molar-refractivity contribution in [3.8, 4) is 6.07 Å². The fraction of sp³-hybridized carbons (Fsp3) is 0.188. The van der Waals surface area contributed by atoms with Crippen molar-refractivity contribution in [2.75, 3.05) is 11.1 Å². The molecule has 2 aromatic rings. The molecule has 5 nitrogen and oxygen atoms in total. The maximum absolute atomic E-state index is 12.0. The minimum atomic E-state index is -0.555. The van der Waals surface area contributed by atoms with E-state index in [1.807, 2.05) is 26.0 Å². The third-order valence-electron chi connectivity index (χ3n) is 3.16. The summed E-state index contributed by atoms with van der Waals surface area (Å²) in [5, 5.41) is 11.8. The Hall–Kier alpha value is -2.87. The second kappa shape index (κ2) is 5.63. The second-order valence-corrected chi connectivity index (χ2v) is 5.25. The predicted molar refractivity (Wildman–Crippen MR) is 81.7 cm³/mol. The molecule has 0 aliphatic carbocycles. The van der Waals surface area contributed by atoms with Crippen LogP contribution in [0, 0.1) is 11.3 Å². The minimum Gasteiger partial charge on any atom is -0.397 e. The Morgan fingerprint density at radius 3 is 2.43 bits per heavy atom. The number of nitrogens with one attached hydrogen (secondary N) is 1. The molecule has 1 aromatic heterocycles. The van der Waals surface area contributed by atoms with Gasteiger partial charge in [-0.2, -0.15) is 5.26 Å². The fourth-order valence-electron chi connectivity index (χ4n) is 1.77. The van der Waals surface area contributed by atoms with Gasteiger partial charge >= 0.3 is 0 Å². The van der Waals surface area contributed by atoms with Crippen LogP contribution < -0.4 is 11.1 Å². The van der Waals surface area contributed by atoms with Crippen LogP contribution in [0.25, 0.3) is 0 Å². The molecular formula is C16H16N4O. The van der Waals surface area contributed by atoms with Crippen molar-refractivity contribution in [1.29, 1.82) is 5.26 Å². The number of hydrogen-bond acceptors (Lipinski definition) is 4. The quantitative estimate of drug-likeness (QED) is 0.904. The number of hydrogen-bond donors (Lipinski definition) is 2. The van der Waals surface area contributed by atoms with Crippen molar-refractivity contribution in [3.63, 3.8) is 0 Å². The van der Waals surface area contributed by atoms with Gasteiger partial charge in [-0.15, -0.1) is 0 Å². The number of nitrogens with two attached hydrogens (primary N) is 1. The zero-order chi connectivity index (χ0) is 15.5. The number of amides is 1. The molecule has 1 aromatic carbocycles. The zero-order valence-corrected chi connectivity index (χ0v) is 11.9. The SMILES string of the molecule is CC(C)(C#N)c1ccc(NC(=O)c2ccc(N)cn2)cc1. The Labute approximate surface area is 123 Å². The van der Waals surface area contributed by atoms with E-state index in [4.69, 9.17) is 11.0 Å². The maximum atomic E-state index is 12.0. The molecule has 0 atom stereocenters. The summed E-state index contributed by atoms with van der Waals surface area (Å²) in [6.45, 7) is 3.69. The summed E-state index contributed by atoms with van der Waals surface area (Å²) < 4.78 is 0. The van der Waals surface area contributed by atoms with Gasteiger partial charge in [0, 0.05) is 5.69 Å². The number of nitrogen functional groups attached to an aromatic ring is 1. The first kappa shape index (κ1) is 14.5. The van der Waals surface area contributed by atoms with E-state index < -0.39 is 5.41 Å². The standard InChI is InChI=1S/C16H16N4O/c1-16(2,10-17)11-3-6-13(7-4-11)20-15(21)14-8-5-12(18)9-19-14/h3-9H,18H2,1-2H3,(H,20,21). The fourth-order valence-corrected chi connectivity index (χ4v) is 1.77. The summed E-state index contributed by atoms with van der Waals surface area (Å²) in [4.78, 5) is 16.0. The Morgan fingerprint density at radius 2 is 1.90 bits per heavy atom. The van der Waals surface area contributed by atoms with Crippen LogP contribution in [0.4, 0.5) is 11.4 Å². The summed E-state index contributed by atoms with van der Waals surface area (Å²) >= 11 is 0. The first-order chi connectivity index (χ1) is 9.92. The average molecular weight is 280 g/mol. The summed E-state index contributed by atoms with van der Waals surface area (Å²) in [5.41, 5.74) is 7.33. The van der Waals surface area contributed by atoms with E-state index in [-0.39, 0.29) is 5.91 Å². The molecule has 0 aliphatic rings. The Balaban J connectivity index is 2.12. The molecule has 1 heterocycles. The van der Waals surface area contributed by atoms with Crippen LogP contribution in [0.5, 0.6) is 0 Å². The highest BCUT2D eigenvalue weighted by Gasteiger charge is 2.19. The molecule has 0 saturated heterocycles.